The van der Waals surface area contributed by atoms with Gasteiger partial charge in [0.05, 0.1) is 12.5 Å². The number of hydrogen-bond donors (Lipinski definition) is 2. The molecule has 1 fully saturated rings. The van der Waals surface area contributed by atoms with E-state index in [0.717, 1.165) is 0 Å². The third-order valence-corrected chi connectivity index (χ3v) is 3.06. The van der Waals surface area contributed by atoms with Crippen molar-refractivity contribution in [3.8, 4) is 0 Å². The van der Waals surface area contributed by atoms with E-state index in [0.29, 0.717) is 13.0 Å². The number of halogens is 2. The van der Waals surface area contributed by atoms with Crippen molar-refractivity contribution in [2.24, 2.45) is 11.8 Å². The number of ether oxygens (including phenoxy) is 1. The van der Waals surface area contributed by atoms with Crippen LogP contribution in [0.4, 0.5) is 13.6 Å². The number of rotatable bonds is 6. The topological polar surface area (TPSA) is 78.9 Å². The van der Waals surface area contributed by atoms with Gasteiger partial charge in [-0.25, -0.2) is 13.6 Å². The lowest BCUT2D eigenvalue weighted by molar-refractivity contribution is -0.143. The Balaban J connectivity index is 2.29. The minimum atomic E-state index is -2.52. The average molecular weight is 294 g/mol. The molecule has 0 radical (unpaired) electrons. The minimum Gasteiger partial charge on any atom is -0.481 e. The van der Waals surface area contributed by atoms with Gasteiger partial charge in [-0.05, 0) is 12.3 Å². The van der Waals surface area contributed by atoms with Crippen LogP contribution >= 0.6 is 0 Å². The van der Waals surface area contributed by atoms with Gasteiger partial charge in [-0.15, -0.1) is 0 Å². The Bertz CT molecular complexity index is 341. The van der Waals surface area contributed by atoms with Crippen molar-refractivity contribution in [1.29, 1.82) is 0 Å². The molecule has 0 aromatic carbocycles. The van der Waals surface area contributed by atoms with E-state index in [-0.39, 0.29) is 31.6 Å². The predicted molar refractivity (Wildman–Crippen MR) is 66.7 cm³/mol. The molecule has 116 valence electrons. The fourth-order valence-electron chi connectivity index (χ4n) is 2.21. The summed E-state index contributed by atoms with van der Waals surface area (Å²) in [5.74, 6) is -1.35. The van der Waals surface area contributed by atoms with Crippen molar-refractivity contribution in [1.82, 2.24) is 10.2 Å². The number of carbonyl (C=O) groups is 2. The largest absolute Gasteiger partial charge is 0.481 e. The van der Waals surface area contributed by atoms with E-state index >= 15 is 0 Å². The molecule has 20 heavy (non-hydrogen) atoms. The molecule has 1 saturated heterocycles. The molecule has 0 spiro atoms. The normalized spacial score (nSPS) is 22.9. The van der Waals surface area contributed by atoms with E-state index in [9.17, 15) is 18.4 Å². The number of urea groups is 1. The first kappa shape index (κ1) is 16.6. The maximum absolute atomic E-state index is 11.8. The van der Waals surface area contributed by atoms with Crippen LogP contribution in [0.5, 0.6) is 0 Å². The van der Waals surface area contributed by atoms with E-state index in [1.807, 2.05) is 6.92 Å². The van der Waals surface area contributed by atoms with Crippen molar-refractivity contribution >= 4 is 12.0 Å². The first-order chi connectivity index (χ1) is 9.40. The van der Waals surface area contributed by atoms with Crippen LogP contribution in [0.3, 0.4) is 0 Å². The van der Waals surface area contributed by atoms with Crippen molar-refractivity contribution in [2.45, 2.75) is 19.8 Å². The highest BCUT2D eigenvalue weighted by Gasteiger charge is 2.31. The molecular weight excluding hydrogens is 274 g/mol. The third-order valence-electron chi connectivity index (χ3n) is 3.06. The zero-order valence-electron chi connectivity index (χ0n) is 11.3. The van der Waals surface area contributed by atoms with Gasteiger partial charge < -0.3 is 20.1 Å². The second-order valence-electron chi connectivity index (χ2n) is 4.98. The zero-order chi connectivity index (χ0) is 15.1. The molecule has 0 aliphatic carbocycles. The lowest BCUT2D eigenvalue weighted by Crippen LogP contribution is -2.50. The van der Waals surface area contributed by atoms with Crippen LogP contribution in [-0.4, -0.2) is 61.3 Å². The highest BCUT2D eigenvalue weighted by Crippen LogP contribution is 2.21. The number of alkyl halides is 2. The summed E-state index contributed by atoms with van der Waals surface area (Å²) in [5, 5.41) is 11.5. The second-order valence-corrected chi connectivity index (χ2v) is 4.98. The molecule has 8 heteroatoms. The lowest BCUT2D eigenvalue weighted by Gasteiger charge is -2.34. The van der Waals surface area contributed by atoms with Crippen molar-refractivity contribution in [2.75, 3.05) is 32.8 Å². The highest BCUT2D eigenvalue weighted by atomic mass is 19.3. The van der Waals surface area contributed by atoms with Gasteiger partial charge >= 0.3 is 12.0 Å². The minimum absolute atomic E-state index is 0.00182. The number of aliphatic carboxylic acids is 1. The first-order valence-electron chi connectivity index (χ1n) is 6.51. The third kappa shape index (κ3) is 5.68. The molecule has 0 bridgehead atoms. The molecule has 1 aliphatic rings. The molecule has 0 aromatic rings. The number of piperidine rings is 1. The Kier molecular flexibility index (Phi) is 6.63. The smallest absolute Gasteiger partial charge is 0.317 e. The van der Waals surface area contributed by atoms with Crippen LogP contribution in [0.25, 0.3) is 0 Å². The lowest BCUT2D eigenvalue weighted by atomic mass is 9.91. The van der Waals surface area contributed by atoms with E-state index < -0.39 is 24.9 Å². The van der Waals surface area contributed by atoms with Gasteiger partial charge in [-0.2, -0.15) is 0 Å². The highest BCUT2D eigenvalue weighted by molar-refractivity contribution is 5.76. The zero-order valence-corrected chi connectivity index (χ0v) is 11.3. The van der Waals surface area contributed by atoms with Crippen molar-refractivity contribution in [3.05, 3.63) is 0 Å². The molecule has 1 aliphatic heterocycles. The fourth-order valence-corrected chi connectivity index (χ4v) is 2.21. The number of carboxylic acids is 1. The monoisotopic (exact) mass is 294 g/mol. The summed E-state index contributed by atoms with van der Waals surface area (Å²) < 4.78 is 28.2. The number of carboxylic acid groups (broad SMARTS) is 1. The van der Waals surface area contributed by atoms with Gasteiger partial charge in [0.2, 0.25) is 0 Å². The van der Waals surface area contributed by atoms with Crippen LogP contribution in [0, 0.1) is 11.8 Å². The van der Waals surface area contributed by atoms with Gasteiger partial charge in [0, 0.05) is 19.6 Å². The molecule has 1 rings (SSSR count). The molecular formula is C12H20F2N2O4. The van der Waals surface area contributed by atoms with E-state index in [1.165, 1.54) is 4.90 Å². The SMILES string of the molecule is CC1CC(C(=O)O)CN(C(=O)NCCOCC(F)F)C1. The van der Waals surface area contributed by atoms with Gasteiger partial charge in [0.15, 0.2) is 0 Å². The number of carbonyl (C=O) groups excluding carboxylic acids is 1. The van der Waals surface area contributed by atoms with Gasteiger partial charge in [0.25, 0.3) is 6.43 Å². The summed E-state index contributed by atoms with van der Waals surface area (Å²) in [5.41, 5.74) is 0. The van der Waals surface area contributed by atoms with Gasteiger partial charge in [-0.3, -0.25) is 4.79 Å². The Morgan fingerprint density at radius 3 is 2.75 bits per heavy atom. The number of nitrogens with one attached hydrogen (secondary N) is 1. The average Bonchev–Trinajstić information content (AvgIpc) is 2.36. The predicted octanol–water partition coefficient (Wildman–Crippen LogP) is 1.02. The standard InChI is InChI=1S/C12H20F2N2O4/c1-8-4-9(11(17)18)6-16(5-8)12(19)15-2-3-20-7-10(13)14/h8-10H,2-7H2,1H3,(H,15,19)(H,17,18). The number of nitrogens with zero attached hydrogens (tertiary/aromatic N) is 1. The Labute approximate surface area is 116 Å². The molecule has 2 amide bonds. The molecule has 2 atom stereocenters. The first-order valence-corrected chi connectivity index (χ1v) is 6.51. The van der Waals surface area contributed by atoms with Crippen molar-refractivity contribution in [3.63, 3.8) is 0 Å². The second kappa shape index (κ2) is 7.98. The summed E-state index contributed by atoms with van der Waals surface area (Å²) >= 11 is 0. The van der Waals surface area contributed by atoms with Crippen molar-refractivity contribution < 1.29 is 28.2 Å². The number of likely N-dealkylation sites (tertiary alicyclic amines) is 1. The van der Waals surface area contributed by atoms with Gasteiger partial charge in [0.1, 0.15) is 6.61 Å². The van der Waals surface area contributed by atoms with Crippen LogP contribution in [-0.2, 0) is 9.53 Å². The summed E-state index contributed by atoms with van der Waals surface area (Å²) in [7, 11) is 0. The summed E-state index contributed by atoms with van der Waals surface area (Å²) in [6.45, 7) is 2.02. The Morgan fingerprint density at radius 1 is 1.45 bits per heavy atom. The number of amides is 2. The molecule has 2 N–H and O–H groups in total. The van der Waals surface area contributed by atoms with E-state index in [1.54, 1.807) is 0 Å². The number of hydrogen-bond acceptors (Lipinski definition) is 3. The van der Waals surface area contributed by atoms with Crippen LogP contribution in [0.1, 0.15) is 13.3 Å². The Morgan fingerprint density at radius 2 is 2.15 bits per heavy atom. The Hall–Kier alpha value is -1.44. The summed E-state index contributed by atoms with van der Waals surface area (Å²) in [6.07, 6.45) is -1.97. The van der Waals surface area contributed by atoms with E-state index in [4.69, 9.17) is 5.11 Å². The quantitative estimate of drug-likeness (QED) is 0.717. The molecule has 2 unspecified atom stereocenters. The van der Waals surface area contributed by atoms with E-state index in [2.05, 4.69) is 10.1 Å². The summed E-state index contributed by atoms with van der Waals surface area (Å²) in [4.78, 5) is 24.3. The summed E-state index contributed by atoms with van der Waals surface area (Å²) in [6, 6.07) is -0.386. The van der Waals surface area contributed by atoms with Crippen LogP contribution in [0.15, 0.2) is 0 Å². The van der Waals surface area contributed by atoms with Gasteiger partial charge in [-0.1, -0.05) is 6.92 Å². The maximum Gasteiger partial charge on any atom is 0.317 e. The van der Waals surface area contributed by atoms with Crippen LogP contribution in [0.2, 0.25) is 0 Å². The molecule has 0 aromatic heterocycles. The fraction of sp³-hybridized carbons (Fsp3) is 0.833. The molecule has 0 saturated carbocycles. The van der Waals surface area contributed by atoms with Crippen LogP contribution < -0.4 is 5.32 Å². The molecule has 1 heterocycles. The molecule has 6 nitrogen and oxygen atoms in total. The maximum atomic E-state index is 11.8.